The highest BCUT2D eigenvalue weighted by molar-refractivity contribution is 7.99. The van der Waals surface area contributed by atoms with E-state index in [9.17, 15) is 0 Å². The molecule has 5 heteroatoms. The first-order chi connectivity index (χ1) is 20.3. The standard InChI is InChI=1S/C36H19N3OS/c1-2-11-21-20(10-1)30-22-12-3-6-16-26(22)39(34(30)31-23-13-4-7-17-27(23)40-35(21)31)36-37-25-15-9-19-29-32(25)33(38-36)24-14-5-8-18-28(24)41-29/h1-19H. The van der Waals surface area contributed by atoms with Gasteiger partial charge in [0.25, 0.3) is 0 Å². The summed E-state index contributed by atoms with van der Waals surface area (Å²) < 4.78 is 8.85. The van der Waals surface area contributed by atoms with Crippen molar-refractivity contribution in [2.75, 3.05) is 0 Å². The van der Waals surface area contributed by atoms with Gasteiger partial charge in [-0.2, -0.15) is 0 Å². The molecule has 6 aromatic carbocycles. The van der Waals surface area contributed by atoms with Crippen LogP contribution in [0, 0.1) is 0 Å². The van der Waals surface area contributed by atoms with Crippen LogP contribution in [0.15, 0.2) is 129 Å². The zero-order valence-corrected chi connectivity index (χ0v) is 22.4. The minimum Gasteiger partial charge on any atom is -0.455 e. The summed E-state index contributed by atoms with van der Waals surface area (Å²) in [5.41, 5.74) is 7.00. The van der Waals surface area contributed by atoms with Crippen LogP contribution in [0.25, 0.3) is 82.6 Å². The van der Waals surface area contributed by atoms with Crippen LogP contribution in [0.1, 0.15) is 0 Å². The Balaban J connectivity index is 1.47. The number of aromatic nitrogens is 3. The number of fused-ring (bicyclic) bond motifs is 12. The van der Waals surface area contributed by atoms with Crippen molar-refractivity contribution < 1.29 is 4.42 Å². The molecule has 41 heavy (non-hydrogen) atoms. The van der Waals surface area contributed by atoms with E-state index in [0.717, 1.165) is 65.9 Å². The molecule has 0 amide bonds. The maximum Gasteiger partial charge on any atom is 0.235 e. The maximum absolute atomic E-state index is 6.59. The molecular formula is C36H19N3OS. The maximum atomic E-state index is 6.59. The second-order valence-corrected chi connectivity index (χ2v) is 11.6. The van der Waals surface area contributed by atoms with E-state index in [-0.39, 0.29) is 0 Å². The lowest BCUT2D eigenvalue weighted by molar-refractivity contribution is 0.673. The van der Waals surface area contributed by atoms with Crippen molar-refractivity contribution in [1.29, 1.82) is 0 Å². The van der Waals surface area contributed by atoms with Gasteiger partial charge in [0, 0.05) is 42.3 Å². The zero-order chi connectivity index (χ0) is 26.7. The number of hydrogen-bond acceptors (Lipinski definition) is 4. The fourth-order valence-electron chi connectivity index (χ4n) is 6.72. The molecule has 0 radical (unpaired) electrons. The van der Waals surface area contributed by atoms with Gasteiger partial charge < -0.3 is 4.42 Å². The largest absolute Gasteiger partial charge is 0.455 e. The Hall–Kier alpha value is -5.13. The third-order valence-corrected chi connectivity index (χ3v) is 9.52. The Morgan fingerprint density at radius 2 is 1.29 bits per heavy atom. The molecular weight excluding hydrogens is 522 g/mol. The van der Waals surface area contributed by atoms with Crippen molar-refractivity contribution in [3.63, 3.8) is 0 Å². The van der Waals surface area contributed by atoms with E-state index in [0.29, 0.717) is 5.95 Å². The number of hydrogen-bond donors (Lipinski definition) is 0. The van der Waals surface area contributed by atoms with Gasteiger partial charge in [-0.25, -0.2) is 9.97 Å². The Morgan fingerprint density at radius 1 is 0.561 bits per heavy atom. The van der Waals surface area contributed by atoms with Crippen LogP contribution in [0.5, 0.6) is 0 Å². The van der Waals surface area contributed by atoms with Gasteiger partial charge in [-0.1, -0.05) is 96.7 Å². The summed E-state index contributed by atoms with van der Waals surface area (Å²) in [6.07, 6.45) is 0. The van der Waals surface area contributed by atoms with Gasteiger partial charge >= 0.3 is 0 Å². The second kappa shape index (κ2) is 7.74. The fraction of sp³-hybridized carbons (Fsp3) is 0. The smallest absolute Gasteiger partial charge is 0.235 e. The molecule has 190 valence electrons. The molecule has 0 aliphatic carbocycles. The summed E-state index contributed by atoms with van der Waals surface area (Å²) in [6.45, 7) is 0. The molecule has 10 rings (SSSR count). The molecule has 9 aromatic rings. The summed E-state index contributed by atoms with van der Waals surface area (Å²) >= 11 is 1.79. The predicted octanol–water partition coefficient (Wildman–Crippen LogP) is 9.91. The Bertz CT molecular complexity index is 2580. The molecule has 0 atom stereocenters. The van der Waals surface area contributed by atoms with Gasteiger partial charge in [0.05, 0.1) is 27.6 Å². The average molecular weight is 542 g/mol. The molecule has 0 spiro atoms. The van der Waals surface area contributed by atoms with E-state index >= 15 is 0 Å². The van der Waals surface area contributed by atoms with E-state index < -0.39 is 0 Å². The quantitative estimate of drug-likeness (QED) is 0.207. The number of benzene rings is 6. The summed E-state index contributed by atoms with van der Waals surface area (Å²) in [5.74, 6) is 0.666. The van der Waals surface area contributed by atoms with E-state index in [1.807, 2.05) is 6.07 Å². The van der Waals surface area contributed by atoms with Gasteiger partial charge in [0.2, 0.25) is 5.95 Å². The van der Waals surface area contributed by atoms with Gasteiger partial charge in [0.15, 0.2) is 0 Å². The number of para-hydroxylation sites is 2. The van der Waals surface area contributed by atoms with Gasteiger partial charge in [-0.05, 0) is 35.7 Å². The van der Waals surface area contributed by atoms with Crippen LogP contribution in [0.2, 0.25) is 0 Å². The predicted molar refractivity (Wildman–Crippen MR) is 168 cm³/mol. The van der Waals surface area contributed by atoms with E-state index in [4.69, 9.17) is 14.4 Å². The first kappa shape index (κ1) is 21.7. The Kier molecular flexibility index (Phi) is 4.09. The zero-order valence-electron chi connectivity index (χ0n) is 21.6. The normalized spacial score (nSPS) is 12.8. The molecule has 0 saturated heterocycles. The van der Waals surface area contributed by atoms with Crippen molar-refractivity contribution in [2.24, 2.45) is 0 Å². The minimum absolute atomic E-state index is 0.666. The molecule has 0 fully saturated rings. The molecule has 4 heterocycles. The van der Waals surface area contributed by atoms with E-state index in [2.05, 4.69) is 114 Å². The van der Waals surface area contributed by atoms with Crippen molar-refractivity contribution in [1.82, 2.24) is 14.5 Å². The van der Waals surface area contributed by atoms with Crippen LogP contribution in [-0.4, -0.2) is 14.5 Å². The number of nitrogens with zero attached hydrogens (tertiary/aromatic N) is 3. The van der Waals surface area contributed by atoms with Crippen LogP contribution in [0.4, 0.5) is 0 Å². The molecule has 0 N–H and O–H groups in total. The Morgan fingerprint density at radius 3 is 2.22 bits per heavy atom. The summed E-state index contributed by atoms with van der Waals surface area (Å²) in [4.78, 5) is 13.0. The highest BCUT2D eigenvalue weighted by atomic mass is 32.2. The Labute approximate surface area is 237 Å². The lowest BCUT2D eigenvalue weighted by Gasteiger charge is -2.20. The van der Waals surface area contributed by atoms with Crippen molar-refractivity contribution in [3.8, 4) is 17.2 Å². The van der Waals surface area contributed by atoms with Crippen LogP contribution in [-0.2, 0) is 0 Å². The summed E-state index contributed by atoms with van der Waals surface area (Å²) in [7, 11) is 0. The minimum atomic E-state index is 0.666. The topological polar surface area (TPSA) is 43.9 Å². The van der Waals surface area contributed by atoms with E-state index in [1.54, 1.807) is 11.8 Å². The molecule has 1 aliphatic rings. The number of rotatable bonds is 1. The monoisotopic (exact) mass is 541 g/mol. The first-order valence-corrected chi connectivity index (χ1v) is 14.5. The fourth-order valence-corrected chi connectivity index (χ4v) is 7.82. The molecule has 0 bridgehead atoms. The lowest BCUT2D eigenvalue weighted by atomic mass is 9.99. The molecule has 4 nitrogen and oxygen atoms in total. The van der Waals surface area contributed by atoms with Crippen molar-refractivity contribution >= 4 is 77.2 Å². The van der Waals surface area contributed by atoms with Crippen LogP contribution in [0.3, 0.4) is 0 Å². The number of furan rings is 1. The molecule has 3 aromatic heterocycles. The SMILES string of the molecule is c1ccc2c(c1)Sc1cccc3nc(-n4c5ccccc5c5c6ccccc6c6oc7ccccc7c6c54)nc-2c13. The molecule has 1 aliphatic heterocycles. The average Bonchev–Trinajstić information content (AvgIpc) is 3.58. The third-order valence-electron chi connectivity index (χ3n) is 8.38. The van der Waals surface area contributed by atoms with E-state index in [1.165, 1.54) is 20.6 Å². The van der Waals surface area contributed by atoms with Gasteiger partial charge in [0.1, 0.15) is 11.2 Å². The molecule has 0 unspecified atom stereocenters. The highest BCUT2D eigenvalue weighted by Crippen LogP contribution is 2.48. The van der Waals surface area contributed by atoms with Crippen LogP contribution < -0.4 is 0 Å². The highest BCUT2D eigenvalue weighted by Gasteiger charge is 2.26. The summed E-state index contributed by atoms with van der Waals surface area (Å²) in [6, 6.07) is 40.4. The summed E-state index contributed by atoms with van der Waals surface area (Å²) in [5, 5.41) is 7.94. The lowest BCUT2D eigenvalue weighted by Crippen LogP contribution is -2.05. The van der Waals surface area contributed by atoms with Gasteiger partial charge in [-0.3, -0.25) is 4.57 Å². The first-order valence-electron chi connectivity index (χ1n) is 13.7. The van der Waals surface area contributed by atoms with Crippen molar-refractivity contribution in [3.05, 3.63) is 115 Å². The van der Waals surface area contributed by atoms with Crippen molar-refractivity contribution in [2.45, 2.75) is 9.79 Å². The third kappa shape index (κ3) is 2.76. The van der Waals surface area contributed by atoms with Crippen LogP contribution >= 0.6 is 11.8 Å². The second-order valence-electron chi connectivity index (χ2n) is 10.5. The molecule has 0 saturated carbocycles. The van der Waals surface area contributed by atoms with Gasteiger partial charge in [-0.15, -0.1) is 0 Å².